The van der Waals surface area contributed by atoms with Gasteiger partial charge in [0.15, 0.2) is 0 Å². The molecule has 1 amide bonds. The van der Waals surface area contributed by atoms with Gasteiger partial charge in [0, 0.05) is 6.54 Å². The number of piperidine rings is 1. The van der Waals surface area contributed by atoms with E-state index in [9.17, 15) is 18.0 Å². The largest absolute Gasteiger partial charge is 0.444 e. The molecule has 1 fully saturated rings. The Bertz CT molecular complexity index is 352. The van der Waals surface area contributed by atoms with Crippen molar-refractivity contribution >= 4 is 6.09 Å². The van der Waals surface area contributed by atoms with E-state index in [1.165, 1.54) is 4.90 Å². The molecular formula is C13H22F3NO3. The van der Waals surface area contributed by atoms with Crippen LogP contribution >= 0.6 is 0 Å². The first kappa shape index (κ1) is 17.1. The summed E-state index contributed by atoms with van der Waals surface area (Å²) in [6.07, 6.45) is -3.80. The topological polar surface area (TPSA) is 38.8 Å². The molecule has 1 unspecified atom stereocenters. The Balaban J connectivity index is 2.59. The number of nitrogens with zero attached hydrogens (tertiary/aromatic N) is 1. The zero-order chi connectivity index (χ0) is 15.6. The molecule has 1 aliphatic heterocycles. The number of carbonyl (C=O) groups is 1. The Morgan fingerprint density at radius 2 is 1.90 bits per heavy atom. The monoisotopic (exact) mass is 297 g/mol. The summed E-state index contributed by atoms with van der Waals surface area (Å²) in [7, 11) is 0. The molecule has 1 aliphatic rings. The number of ether oxygens (including phenoxy) is 2. The first-order chi connectivity index (χ1) is 8.90. The molecule has 20 heavy (non-hydrogen) atoms. The van der Waals surface area contributed by atoms with Crippen LogP contribution in [0, 0.1) is 0 Å². The Labute approximate surface area is 117 Å². The van der Waals surface area contributed by atoms with E-state index in [0.29, 0.717) is 19.4 Å². The summed E-state index contributed by atoms with van der Waals surface area (Å²) in [5, 5.41) is 0. The molecule has 1 rings (SSSR count). The lowest BCUT2D eigenvalue weighted by Crippen LogP contribution is -2.52. The molecule has 0 aromatic heterocycles. The number of alkyl halides is 3. The Kier molecular flexibility index (Phi) is 4.94. The summed E-state index contributed by atoms with van der Waals surface area (Å²) < 4.78 is 46.9. The first-order valence-electron chi connectivity index (χ1n) is 6.59. The van der Waals surface area contributed by atoms with Crippen molar-refractivity contribution in [3.8, 4) is 0 Å². The van der Waals surface area contributed by atoms with Crippen LogP contribution in [0.3, 0.4) is 0 Å². The molecule has 1 heterocycles. The van der Waals surface area contributed by atoms with Crippen LogP contribution in [-0.2, 0) is 9.47 Å². The van der Waals surface area contributed by atoms with Crippen molar-refractivity contribution in [3.63, 3.8) is 0 Å². The van der Waals surface area contributed by atoms with E-state index in [2.05, 4.69) is 0 Å². The van der Waals surface area contributed by atoms with Gasteiger partial charge >= 0.3 is 12.3 Å². The van der Waals surface area contributed by atoms with Gasteiger partial charge in [-0.25, -0.2) is 4.79 Å². The van der Waals surface area contributed by atoms with Gasteiger partial charge in [0.05, 0.1) is 12.1 Å². The van der Waals surface area contributed by atoms with Crippen molar-refractivity contribution < 1.29 is 27.4 Å². The number of hydrogen-bond donors (Lipinski definition) is 0. The number of likely N-dealkylation sites (tertiary alicyclic amines) is 1. The minimum Gasteiger partial charge on any atom is -0.444 e. The van der Waals surface area contributed by atoms with Crippen LogP contribution in [0.2, 0.25) is 0 Å². The van der Waals surface area contributed by atoms with Crippen molar-refractivity contribution in [2.75, 3.05) is 19.7 Å². The maximum absolute atomic E-state index is 12.2. The normalized spacial score (nSPS) is 24.6. The van der Waals surface area contributed by atoms with Gasteiger partial charge in [-0.3, -0.25) is 0 Å². The second kappa shape index (κ2) is 5.79. The summed E-state index contributed by atoms with van der Waals surface area (Å²) in [6.45, 7) is 6.11. The van der Waals surface area contributed by atoms with Crippen molar-refractivity contribution in [2.24, 2.45) is 0 Å². The van der Waals surface area contributed by atoms with E-state index in [-0.39, 0.29) is 6.54 Å². The first-order valence-corrected chi connectivity index (χ1v) is 6.59. The molecule has 0 aromatic rings. The van der Waals surface area contributed by atoms with Gasteiger partial charge in [-0.05, 0) is 40.5 Å². The second-order valence-electron chi connectivity index (χ2n) is 6.36. The van der Waals surface area contributed by atoms with Gasteiger partial charge in [0.2, 0.25) is 0 Å². The predicted molar refractivity (Wildman–Crippen MR) is 67.5 cm³/mol. The van der Waals surface area contributed by atoms with Crippen LogP contribution < -0.4 is 0 Å². The smallest absolute Gasteiger partial charge is 0.411 e. The maximum Gasteiger partial charge on any atom is 0.411 e. The van der Waals surface area contributed by atoms with Crippen molar-refractivity contribution in [3.05, 3.63) is 0 Å². The molecule has 1 atom stereocenters. The second-order valence-corrected chi connectivity index (χ2v) is 6.36. The molecule has 0 aliphatic carbocycles. The molecule has 0 bridgehead atoms. The van der Waals surface area contributed by atoms with Crippen LogP contribution in [0.1, 0.15) is 40.5 Å². The fourth-order valence-corrected chi connectivity index (χ4v) is 2.06. The Morgan fingerprint density at radius 3 is 2.40 bits per heavy atom. The third-order valence-electron chi connectivity index (χ3n) is 2.89. The number of hydrogen-bond acceptors (Lipinski definition) is 3. The summed E-state index contributed by atoms with van der Waals surface area (Å²) >= 11 is 0. The minimum absolute atomic E-state index is 0.109. The minimum atomic E-state index is -4.36. The molecule has 0 N–H and O–H groups in total. The molecule has 7 heteroatoms. The number of amides is 1. The lowest BCUT2D eigenvalue weighted by molar-refractivity contribution is -0.209. The van der Waals surface area contributed by atoms with E-state index in [0.717, 1.165) is 0 Å². The third kappa shape index (κ3) is 5.98. The van der Waals surface area contributed by atoms with Gasteiger partial charge in [0.1, 0.15) is 12.2 Å². The van der Waals surface area contributed by atoms with E-state index in [1.807, 2.05) is 0 Å². The molecule has 0 spiro atoms. The SMILES string of the molecule is CC(C)(C)OC(=O)N1CCCC(C)(OCC(F)(F)F)C1. The van der Waals surface area contributed by atoms with Gasteiger partial charge in [-0.15, -0.1) is 0 Å². The fourth-order valence-electron chi connectivity index (χ4n) is 2.06. The zero-order valence-corrected chi connectivity index (χ0v) is 12.3. The molecule has 1 saturated heterocycles. The molecule has 0 saturated carbocycles. The number of carbonyl (C=O) groups excluding carboxylic acids is 1. The van der Waals surface area contributed by atoms with Crippen LogP contribution in [0.4, 0.5) is 18.0 Å². The lowest BCUT2D eigenvalue weighted by Gasteiger charge is -2.40. The Hall–Kier alpha value is -0.980. The quantitative estimate of drug-likeness (QED) is 0.784. The molecular weight excluding hydrogens is 275 g/mol. The van der Waals surface area contributed by atoms with Gasteiger partial charge in [-0.1, -0.05) is 0 Å². The standard InChI is InChI=1S/C13H22F3NO3/c1-11(2,3)20-10(18)17-7-5-6-12(4,8-17)19-9-13(14,15)16/h5-9H2,1-4H3. The van der Waals surface area contributed by atoms with Gasteiger partial charge in [-0.2, -0.15) is 13.2 Å². The van der Waals surface area contributed by atoms with Crippen LogP contribution in [0.25, 0.3) is 0 Å². The van der Waals surface area contributed by atoms with Crippen LogP contribution in [-0.4, -0.2) is 48.1 Å². The highest BCUT2D eigenvalue weighted by molar-refractivity contribution is 5.68. The summed E-state index contributed by atoms with van der Waals surface area (Å²) in [5.74, 6) is 0. The highest BCUT2D eigenvalue weighted by Crippen LogP contribution is 2.28. The highest BCUT2D eigenvalue weighted by Gasteiger charge is 2.39. The van der Waals surface area contributed by atoms with Gasteiger partial charge < -0.3 is 14.4 Å². The van der Waals surface area contributed by atoms with Crippen molar-refractivity contribution in [2.45, 2.75) is 57.9 Å². The van der Waals surface area contributed by atoms with E-state index in [4.69, 9.17) is 9.47 Å². The predicted octanol–water partition coefficient (Wildman–Crippen LogP) is 3.35. The third-order valence-corrected chi connectivity index (χ3v) is 2.89. The van der Waals surface area contributed by atoms with E-state index in [1.54, 1.807) is 27.7 Å². The number of halogens is 3. The van der Waals surface area contributed by atoms with E-state index >= 15 is 0 Å². The summed E-state index contributed by atoms with van der Waals surface area (Å²) in [4.78, 5) is 13.3. The van der Waals surface area contributed by atoms with Gasteiger partial charge in [0.25, 0.3) is 0 Å². The highest BCUT2D eigenvalue weighted by atomic mass is 19.4. The molecule has 118 valence electrons. The lowest BCUT2D eigenvalue weighted by atomic mass is 9.95. The van der Waals surface area contributed by atoms with Crippen molar-refractivity contribution in [1.29, 1.82) is 0 Å². The molecule has 0 radical (unpaired) electrons. The van der Waals surface area contributed by atoms with Crippen LogP contribution in [0.15, 0.2) is 0 Å². The summed E-state index contributed by atoms with van der Waals surface area (Å²) in [5.41, 5.74) is -1.61. The number of rotatable bonds is 2. The maximum atomic E-state index is 12.2. The van der Waals surface area contributed by atoms with Crippen molar-refractivity contribution in [1.82, 2.24) is 4.90 Å². The molecule has 0 aromatic carbocycles. The zero-order valence-electron chi connectivity index (χ0n) is 12.3. The molecule has 4 nitrogen and oxygen atoms in total. The Morgan fingerprint density at radius 1 is 1.30 bits per heavy atom. The fraction of sp³-hybridized carbons (Fsp3) is 0.923. The van der Waals surface area contributed by atoms with Crippen LogP contribution in [0.5, 0.6) is 0 Å². The summed E-state index contributed by atoms with van der Waals surface area (Å²) in [6, 6.07) is 0. The average Bonchev–Trinajstić information content (AvgIpc) is 2.23. The average molecular weight is 297 g/mol. The van der Waals surface area contributed by atoms with E-state index < -0.39 is 30.1 Å².